The number of hydrogen-bond donors (Lipinski definition) is 1. The van der Waals surface area contributed by atoms with Gasteiger partial charge in [-0.15, -0.1) is 0 Å². The molecule has 0 amide bonds. The molecule has 3 atom stereocenters. The number of ether oxygens (including phenoxy) is 1. The van der Waals surface area contributed by atoms with Crippen LogP contribution in [-0.4, -0.2) is 48.8 Å². The molecule has 0 bridgehead atoms. The van der Waals surface area contributed by atoms with Crippen LogP contribution in [0.25, 0.3) is 0 Å². The zero-order valence-corrected chi connectivity index (χ0v) is 12.3. The second-order valence-electron chi connectivity index (χ2n) is 6.05. The van der Waals surface area contributed by atoms with E-state index in [1.165, 1.54) is 0 Å². The summed E-state index contributed by atoms with van der Waals surface area (Å²) in [6.07, 6.45) is 5.61. The van der Waals surface area contributed by atoms with Crippen LogP contribution in [0.1, 0.15) is 46.0 Å². The van der Waals surface area contributed by atoms with Crippen molar-refractivity contribution in [3.05, 3.63) is 0 Å². The van der Waals surface area contributed by atoms with E-state index in [0.717, 1.165) is 58.3 Å². The predicted octanol–water partition coefficient (Wildman–Crippen LogP) is 1.91. The summed E-state index contributed by atoms with van der Waals surface area (Å²) in [5.41, 5.74) is -0.281. The molecule has 0 radical (unpaired) electrons. The van der Waals surface area contributed by atoms with E-state index in [1.54, 1.807) is 0 Å². The fourth-order valence-electron chi connectivity index (χ4n) is 3.35. The fraction of sp³-hybridized carbons (Fsp3) is 0.933. The van der Waals surface area contributed by atoms with Gasteiger partial charge in [0.2, 0.25) is 0 Å². The fourth-order valence-corrected chi connectivity index (χ4v) is 3.35. The first-order valence-corrected chi connectivity index (χ1v) is 7.71. The molecule has 4 nitrogen and oxygen atoms in total. The Morgan fingerprint density at radius 1 is 1.53 bits per heavy atom. The summed E-state index contributed by atoms with van der Waals surface area (Å²) in [7, 11) is 0. The van der Waals surface area contributed by atoms with Crippen molar-refractivity contribution in [1.29, 1.82) is 5.26 Å². The maximum absolute atomic E-state index is 9.51. The van der Waals surface area contributed by atoms with Gasteiger partial charge in [-0.3, -0.25) is 10.2 Å². The van der Waals surface area contributed by atoms with Gasteiger partial charge in [0.25, 0.3) is 0 Å². The van der Waals surface area contributed by atoms with Crippen molar-refractivity contribution < 1.29 is 4.74 Å². The maximum Gasteiger partial charge on any atom is 0.108 e. The monoisotopic (exact) mass is 265 g/mol. The minimum atomic E-state index is -0.281. The van der Waals surface area contributed by atoms with E-state index >= 15 is 0 Å². The average molecular weight is 265 g/mol. The molecule has 1 aliphatic carbocycles. The van der Waals surface area contributed by atoms with Crippen molar-refractivity contribution in [3.8, 4) is 6.07 Å². The van der Waals surface area contributed by atoms with Crippen LogP contribution in [0.2, 0.25) is 0 Å². The van der Waals surface area contributed by atoms with Gasteiger partial charge >= 0.3 is 0 Å². The Kier molecular flexibility index (Phi) is 5.20. The number of nitrogens with zero attached hydrogens (tertiary/aromatic N) is 2. The zero-order valence-electron chi connectivity index (χ0n) is 12.3. The molecule has 3 unspecified atom stereocenters. The molecule has 4 heteroatoms. The Bertz CT molecular complexity index is 328. The zero-order chi connectivity index (χ0) is 13.7. The molecule has 2 fully saturated rings. The third-order valence-corrected chi connectivity index (χ3v) is 4.42. The normalized spacial score (nSPS) is 36.9. The van der Waals surface area contributed by atoms with Crippen LogP contribution in [0.3, 0.4) is 0 Å². The van der Waals surface area contributed by atoms with Crippen molar-refractivity contribution in [2.45, 2.75) is 63.6 Å². The molecule has 2 rings (SSSR count). The first-order valence-electron chi connectivity index (χ1n) is 7.71. The third-order valence-electron chi connectivity index (χ3n) is 4.42. The molecule has 0 aromatic carbocycles. The molecule has 2 aliphatic rings. The molecule has 1 aliphatic heterocycles. The third kappa shape index (κ3) is 3.68. The quantitative estimate of drug-likeness (QED) is 0.843. The van der Waals surface area contributed by atoms with Gasteiger partial charge in [0, 0.05) is 25.7 Å². The SMILES string of the molecule is CCCNC1(C#N)CCC(N2CCCOC(C)C2)C1. The lowest BCUT2D eigenvalue weighted by atomic mass is 9.99. The van der Waals surface area contributed by atoms with E-state index in [9.17, 15) is 5.26 Å². The number of nitrogens with one attached hydrogen (secondary N) is 1. The molecule has 1 saturated carbocycles. The Balaban J connectivity index is 1.94. The average Bonchev–Trinajstić information content (AvgIpc) is 2.73. The topological polar surface area (TPSA) is 48.3 Å². The lowest BCUT2D eigenvalue weighted by molar-refractivity contribution is 0.0606. The van der Waals surface area contributed by atoms with Gasteiger partial charge in [0.1, 0.15) is 5.54 Å². The van der Waals surface area contributed by atoms with Crippen molar-refractivity contribution >= 4 is 0 Å². The highest BCUT2D eigenvalue weighted by Crippen LogP contribution is 2.33. The summed E-state index contributed by atoms with van der Waals surface area (Å²) in [6.45, 7) is 8.25. The Labute approximate surface area is 117 Å². The maximum atomic E-state index is 9.51. The summed E-state index contributed by atoms with van der Waals surface area (Å²) in [5.74, 6) is 0. The van der Waals surface area contributed by atoms with E-state index in [0.29, 0.717) is 12.1 Å². The first kappa shape index (κ1) is 14.8. The van der Waals surface area contributed by atoms with Crippen LogP contribution < -0.4 is 5.32 Å². The van der Waals surface area contributed by atoms with Crippen LogP contribution in [0.15, 0.2) is 0 Å². The lowest BCUT2D eigenvalue weighted by Gasteiger charge is -2.30. The van der Waals surface area contributed by atoms with Crippen LogP contribution >= 0.6 is 0 Å². The summed E-state index contributed by atoms with van der Waals surface area (Å²) in [4.78, 5) is 2.55. The summed E-state index contributed by atoms with van der Waals surface area (Å²) in [6, 6.07) is 3.09. The Hall–Kier alpha value is -0.630. The minimum Gasteiger partial charge on any atom is -0.377 e. The van der Waals surface area contributed by atoms with E-state index < -0.39 is 0 Å². The minimum absolute atomic E-state index is 0.281. The molecule has 1 saturated heterocycles. The molecule has 108 valence electrons. The van der Waals surface area contributed by atoms with Gasteiger partial charge in [0.15, 0.2) is 0 Å². The molecule has 0 spiro atoms. The second kappa shape index (κ2) is 6.69. The van der Waals surface area contributed by atoms with Crippen LogP contribution in [-0.2, 0) is 4.74 Å². The van der Waals surface area contributed by atoms with E-state index in [4.69, 9.17) is 4.74 Å². The Morgan fingerprint density at radius 2 is 2.37 bits per heavy atom. The summed E-state index contributed by atoms with van der Waals surface area (Å²) in [5, 5.41) is 13.0. The number of nitriles is 1. The molecule has 1 N–H and O–H groups in total. The van der Waals surface area contributed by atoms with Crippen LogP contribution in [0, 0.1) is 11.3 Å². The van der Waals surface area contributed by atoms with Gasteiger partial charge < -0.3 is 4.74 Å². The van der Waals surface area contributed by atoms with Crippen molar-refractivity contribution in [1.82, 2.24) is 10.2 Å². The molecule has 1 heterocycles. The largest absolute Gasteiger partial charge is 0.377 e. The highest BCUT2D eigenvalue weighted by atomic mass is 16.5. The standard InChI is InChI=1S/C15H27N3O/c1-3-7-17-15(12-16)6-5-14(10-15)18-8-4-9-19-13(2)11-18/h13-14,17H,3-11H2,1-2H3. The van der Waals surface area contributed by atoms with Crippen LogP contribution in [0.4, 0.5) is 0 Å². The highest BCUT2D eigenvalue weighted by Gasteiger charge is 2.41. The highest BCUT2D eigenvalue weighted by molar-refractivity contribution is 5.13. The van der Waals surface area contributed by atoms with E-state index in [2.05, 4.69) is 30.1 Å². The van der Waals surface area contributed by atoms with Crippen molar-refractivity contribution in [2.24, 2.45) is 0 Å². The van der Waals surface area contributed by atoms with Gasteiger partial charge in [0.05, 0.1) is 12.2 Å². The van der Waals surface area contributed by atoms with Gasteiger partial charge in [-0.25, -0.2) is 0 Å². The number of hydrogen-bond acceptors (Lipinski definition) is 4. The summed E-state index contributed by atoms with van der Waals surface area (Å²) >= 11 is 0. The van der Waals surface area contributed by atoms with Crippen molar-refractivity contribution in [2.75, 3.05) is 26.2 Å². The molecule has 0 aromatic heterocycles. The molecular formula is C15H27N3O. The summed E-state index contributed by atoms with van der Waals surface area (Å²) < 4.78 is 5.71. The van der Waals surface area contributed by atoms with Gasteiger partial charge in [-0.1, -0.05) is 6.92 Å². The van der Waals surface area contributed by atoms with E-state index in [1.807, 2.05) is 0 Å². The smallest absolute Gasteiger partial charge is 0.108 e. The predicted molar refractivity (Wildman–Crippen MR) is 75.9 cm³/mol. The second-order valence-corrected chi connectivity index (χ2v) is 6.05. The molecule has 0 aromatic rings. The van der Waals surface area contributed by atoms with Crippen molar-refractivity contribution in [3.63, 3.8) is 0 Å². The van der Waals surface area contributed by atoms with Crippen LogP contribution in [0.5, 0.6) is 0 Å². The molecule has 19 heavy (non-hydrogen) atoms. The molecular weight excluding hydrogens is 238 g/mol. The van der Waals surface area contributed by atoms with Gasteiger partial charge in [-0.2, -0.15) is 5.26 Å². The van der Waals surface area contributed by atoms with E-state index in [-0.39, 0.29) is 5.54 Å². The Morgan fingerprint density at radius 3 is 3.11 bits per heavy atom. The number of rotatable bonds is 4. The lowest BCUT2D eigenvalue weighted by Crippen LogP contribution is -2.45. The van der Waals surface area contributed by atoms with Gasteiger partial charge in [-0.05, 0) is 45.6 Å². The first-order chi connectivity index (χ1) is 9.19.